The Labute approximate surface area is 448 Å². The highest BCUT2D eigenvalue weighted by Gasteiger charge is 2.59. The van der Waals surface area contributed by atoms with Crippen molar-refractivity contribution < 1.29 is 43.0 Å². The van der Waals surface area contributed by atoms with E-state index in [0.29, 0.717) is 42.7 Å². The highest BCUT2D eigenvalue weighted by molar-refractivity contribution is 5.81. The smallest absolute Gasteiger partial charge is 0.323 e. The Kier molecular flexibility index (Phi) is 24.0. The predicted molar refractivity (Wildman–Crippen MR) is 294 cm³/mol. The molecule has 14 heteroatoms. The number of rotatable bonds is 28. The Morgan fingerprint density at radius 2 is 1.19 bits per heavy atom. The molecule has 4 aliphatic carbocycles. The number of hydrogen-bond donors (Lipinski definition) is 4. The third-order valence-corrected chi connectivity index (χ3v) is 16.8. The molecule has 0 aromatic heterocycles. The van der Waals surface area contributed by atoms with Gasteiger partial charge < -0.3 is 35.5 Å². The molecule has 0 aliphatic heterocycles. The average molecular weight is 1040 g/mol. The number of esters is 3. The first-order valence-corrected chi connectivity index (χ1v) is 29.1. The Morgan fingerprint density at radius 3 is 1.77 bits per heavy atom. The van der Waals surface area contributed by atoms with Crippen LogP contribution in [0.3, 0.4) is 0 Å². The van der Waals surface area contributed by atoms with Gasteiger partial charge in [-0.15, -0.1) is 0 Å². The molecule has 0 heterocycles. The van der Waals surface area contributed by atoms with E-state index in [4.69, 9.17) is 14.2 Å². The number of allylic oxidation sites excluding steroid dienone is 1. The molecule has 3 saturated carbocycles. The van der Waals surface area contributed by atoms with Gasteiger partial charge in [0.1, 0.15) is 22.8 Å². The molecule has 0 bridgehead atoms. The molecule has 3 fully saturated rings. The van der Waals surface area contributed by atoms with Crippen LogP contribution < -0.4 is 21.3 Å². The zero-order valence-corrected chi connectivity index (χ0v) is 49.0. The van der Waals surface area contributed by atoms with Crippen LogP contribution in [-0.2, 0) is 43.0 Å². The Morgan fingerprint density at radius 1 is 0.622 bits per heavy atom. The van der Waals surface area contributed by atoms with Crippen molar-refractivity contribution in [2.45, 2.75) is 248 Å². The summed E-state index contributed by atoms with van der Waals surface area (Å²) in [6.45, 7) is 29.3. The van der Waals surface area contributed by atoms with Crippen molar-refractivity contribution in [2.75, 3.05) is 39.3 Å². The van der Waals surface area contributed by atoms with Gasteiger partial charge in [-0.25, -0.2) is 0 Å². The first-order valence-electron chi connectivity index (χ1n) is 29.1. The van der Waals surface area contributed by atoms with E-state index in [0.717, 1.165) is 61.3 Å². The third-order valence-electron chi connectivity index (χ3n) is 16.8. The van der Waals surface area contributed by atoms with Crippen LogP contribution in [0.2, 0.25) is 0 Å². The molecule has 0 aromatic rings. The zero-order valence-electron chi connectivity index (χ0n) is 49.0. The number of hydrogen-bond acceptors (Lipinski definition) is 11. The summed E-state index contributed by atoms with van der Waals surface area (Å²) < 4.78 is 16.8. The molecule has 0 saturated heterocycles. The van der Waals surface area contributed by atoms with Crippen molar-refractivity contribution >= 4 is 35.6 Å². The molecule has 0 radical (unpaired) electrons. The molecule has 14 nitrogen and oxygen atoms in total. The molecule has 0 aromatic carbocycles. The number of nitrogens with zero attached hydrogens (tertiary/aromatic N) is 1. The van der Waals surface area contributed by atoms with Crippen molar-refractivity contribution in [2.24, 2.45) is 46.3 Å². The molecular formula is C60H105N5O9. The van der Waals surface area contributed by atoms with E-state index in [1.165, 1.54) is 69.1 Å². The average Bonchev–Trinajstić information content (AvgIpc) is 3.62. The zero-order chi connectivity index (χ0) is 55.1. The van der Waals surface area contributed by atoms with Crippen LogP contribution in [0.25, 0.3) is 0 Å². The van der Waals surface area contributed by atoms with Gasteiger partial charge in [0.05, 0.1) is 13.1 Å². The predicted octanol–water partition coefficient (Wildman–Crippen LogP) is 10.2. The lowest BCUT2D eigenvalue weighted by atomic mass is 9.47. The second-order valence-electron chi connectivity index (χ2n) is 26.8. The summed E-state index contributed by atoms with van der Waals surface area (Å²) in [6, 6.07) is -0.446. The topological polar surface area (TPSA) is 181 Å². The number of carbonyl (C=O) groups excluding carboxylic acids is 6. The SMILES string of the molecule is CC(C)CCC[C@@H](C)[C@H]1CC[C@H]2[C@@H]3CC=C4C[C@@H](NCCCCC(=O)NCCC(=O)NCCC(=O)NCCCC[C@@H](C(=O)OC(C)(C)C)N(CC(=O)OC(C)(C)C)CC(=O)OC(C)(C)C)CC[C@]4(C)[C@H]3CC[C@]12C. The highest BCUT2D eigenvalue weighted by Crippen LogP contribution is 2.67. The van der Waals surface area contributed by atoms with Gasteiger partial charge in [0.2, 0.25) is 17.7 Å². The molecule has 4 rings (SSSR count). The summed E-state index contributed by atoms with van der Waals surface area (Å²) in [7, 11) is 0. The number of amides is 3. The van der Waals surface area contributed by atoms with Gasteiger partial charge in [-0.2, -0.15) is 0 Å². The second kappa shape index (κ2) is 28.2. The minimum Gasteiger partial charge on any atom is -0.459 e. The highest BCUT2D eigenvalue weighted by atomic mass is 16.6. The maximum atomic E-state index is 13.5. The lowest BCUT2D eigenvalue weighted by Crippen LogP contribution is -2.51. The molecular weight excluding hydrogens is 935 g/mol. The van der Waals surface area contributed by atoms with E-state index >= 15 is 0 Å². The summed E-state index contributed by atoms with van der Waals surface area (Å²) in [5, 5.41) is 12.3. The molecule has 74 heavy (non-hydrogen) atoms. The maximum absolute atomic E-state index is 13.5. The van der Waals surface area contributed by atoms with Gasteiger partial charge in [-0.3, -0.25) is 33.7 Å². The van der Waals surface area contributed by atoms with Crippen molar-refractivity contribution in [3.8, 4) is 0 Å². The van der Waals surface area contributed by atoms with Gasteiger partial charge >= 0.3 is 17.9 Å². The Hall–Kier alpha value is -3.52. The van der Waals surface area contributed by atoms with Crippen LogP contribution >= 0.6 is 0 Å². The van der Waals surface area contributed by atoms with Crippen molar-refractivity contribution in [1.29, 1.82) is 0 Å². The number of ether oxygens (including phenoxy) is 3. The number of nitrogens with one attached hydrogen (secondary N) is 4. The first-order chi connectivity index (χ1) is 34.5. The fourth-order valence-electron chi connectivity index (χ4n) is 13.3. The summed E-state index contributed by atoms with van der Waals surface area (Å²) in [6.07, 6.45) is 21.1. The van der Waals surface area contributed by atoms with E-state index < -0.39 is 40.8 Å². The lowest BCUT2D eigenvalue weighted by Gasteiger charge is -2.58. The van der Waals surface area contributed by atoms with Gasteiger partial charge in [0, 0.05) is 44.9 Å². The van der Waals surface area contributed by atoms with Crippen LogP contribution in [0, 0.1) is 46.3 Å². The van der Waals surface area contributed by atoms with Crippen LogP contribution in [0.15, 0.2) is 11.6 Å². The third kappa shape index (κ3) is 20.5. The van der Waals surface area contributed by atoms with E-state index in [1.54, 1.807) is 67.9 Å². The molecule has 3 amide bonds. The Balaban J connectivity index is 1.08. The van der Waals surface area contributed by atoms with Crippen LogP contribution in [-0.4, -0.2) is 109 Å². The maximum Gasteiger partial charge on any atom is 0.323 e. The molecule has 424 valence electrons. The molecule has 0 unspecified atom stereocenters. The van der Waals surface area contributed by atoms with E-state index in [2.05, 4.69) is 62.0 Å². The molecule has 4 aliphatic rings. The van der Waals surface area contributed by atoms with E-state index in [1.807, 2.05) is 0 Å². The fraction of sp³-hybridized carbons (Fsp3) is 0.867. The number of carbonyl (C=O) groups is 6. The van der Waals surface area contributed by atoms with Crippen molar-refractivity contribution in [3.63, 3.8) is 0 Å². The molecule has 4 N–H and O–H groups in total. The van der Waals surface area contributed by atoms with Crippen LogP contribution in [0.5, 0.6) is 0 Å². The van der Waals surface area contributed by atoms with Gasteiger partial charge in [-0.05, 0) is 199 Å². The van der Waals surface area contributed by atoms with Gasteiger partial charge in [0.25, 0.3) is 0 Å². The monoisotopic (exact) mass is 1040 g/mol. The minimum absolute atomic E-state index is 0.0542. The minimum atomic E-state index is -0.952. The summed E-state index contributed by atoms with van der Waals surface area (Å²) in [5.41, 5.74) is 0.232. The Bertz CT molecular complexity index is 1850. The number of unbranched alkanes of at least 4 members (excludes halogenated alkanes) is 2. The fourth-order valence-corrected chi connectivity index (χ4v) is 13.3. The normalized spacial score (nSPS) is 25.7. The summed E-state index contributed by atoms with van der Waals surface area (Å²) >= 11 is 0. The van der Waals surface area contributed by atoms with Crippen molar-refractivity contribution in [1.82, 2.24) is 26.2 Å². The van der Waals surface area contributed by atoms with E-state index in [-0.39, 0.29) is 63.2 Å². The van der Waals surface area contributed by atoms with Crippen molar-refractivity contribution in [3.05, 3.63) is 11.6 Å². The molecule has 9 atom stereocenters. The first kappa shape index (κ1) is 63.0. The quantitative estimate of drug-likeness (QED) is 0.0253. The standard InChI is InChI=1S/C60H105N5O9/c1-41(2)20-19-21-42(3)46-26-27-47-45-25-24-43-38-44(28-32-59(43,13)48(45)29-33-60(46,47)14)61-34-18-16-23-50(66)63-36-31-52(68)64-37-30-51(67)62-35-17-15-22-49(55(71)74-58(10,11)12)65(39-53(69)72-56(4,5)6)40-54(70)73-57(7,8)9/h24,41-42,44-49,61H,15-23,25-40H2,1-14H3,(H,62,67)(H,63,66)(H,64,68)/t42-,44+,45+,46-,47+,48+,49+,59+,60-/m1/s1. The second-order valence-corrected chi connectivity index (χ2v) is 26.8. The van der Waals surface area contributed by atoms with Gasteiger partial charge in [0.15, 0.2) is 0 Å². The summed E-state index contributed by atoms with van der Waals surface area (Å²) in [5.74, 6) is 2.82. The summed E-state index contributed by atoms with van der Waals surface area (Å²) in [4.78, 5) is 78.5. The number of fused-ring (bicyclic) bond motifs is 5. The van der Waals surface area contributed by atoms with Gasteiger partial charge in [-0.1, -0.05) is 65.5 Å². The van der Waals surface area contributed by atoms with Crippen LogP contribution in [0.4, 0.5) is 0 Å². The largest absolute Gasteiger partial charge is 0.459 e. The lowest BCUT2D eigenvalue weighted by molar-refractivity contribution is -0.168. The van der Waals surface area contributed by atoms with Crippen LogP contribution in [0.1, 0.15) is 219 Å². The molecule has 0 spiro atoms. The van der Waals surface area contributed by atoms with E-state index in [9.17, 15) is 28.8 Å².